The molecule has 0 unspecified atom stereocenters. The maximum atomic E-state index is 11.7. The molecular formula is C12H10BrNO2. The zero-order valence-electron chi connectivity index (χ0n) is 8.74. The highest BCUT2D eigenvalue weighted by molar-refractivity contribution is 9.10. The van der Waals surface area contributed by atoms with Gasteiger partial charge in [0, 0.05) is 16.1 Å². The summed E-state index contributed by atoms with van der Waals surface area (Å²) in [7, 11) is 0. The van der Waals surface area contributed by atoms with E-state index >= 15 is 0 Å². The Morgan fingerprint density at radius 2 is 2.25 bits per heavy atom. The van der Waals surface area contributed by atoms with Crippen LogP contribution in [0.1, 0.15) is 17.3 Å². The number of rotatable bonds is 2. The lowest BCUT2D eigenvalue weighted by molar-refractivity contribution is 0.0528. The smallest absolute Gasteiger partial charge is 0.338 e. The van der Waals surface area contributed by atoms with Crippen LogP contribution in [0.15, 0.2) is 34.9 Å². The van der Waals surface area contributed by atoms with E-state index in [1.54, 1.807) is 19.2 Å². The highest BCUT2D eigenvalue weighted by Gasteiger charge is 2.12. The Morgan fingerprint density at radius 1 is 1.44 bits per heavy atom. The second-order valence-corrected chi connectivity index (χ2v) is 4.07. The summed E-state index contributed by atoms with van der Waals surface area (Å²) in [5.41, 5.74) is 1.32. The van der Waals surface area contributed by atoms with E-state index in [4.69, 9.17) is 4.74 Å². The molecule has 0 radical (unpaired) electrons. The van der Waals surface area contributed by atoms with E-state index in [2.05, 4.69) is 20.9 Å². The Bertz CT molecular complexity index is 540. The van der Waals surface area contributed by atoms with E-state index < -0.39 is 0 Å². The van der Waals surface area contributed by atoms with Gasteiger partial charge < -0.3 is 4.74 Å². The molecule has 82 valence electrons. The van der Waals surface area contributed by atoms with Gasteiger partial charge in [0.2, 0.25) is 0 Å². The quantitative estimate of drug-likeness (QED) is 0.793. The number of halogens is 1. The van der Waals surface area contributed by atoms with Crippen molar-refractivity contribution in [1.29, 1.82) is 0 Å². The summed E-state index contributed by atoms with van der Waals surface area (Å²) < 4.78 is 5.87. The van der Waals surface area contributed by atoms with E-state index in [0.29, 0.717) is 12.2 Å². The van der Waals surface area contributed by atoms with Gasteiger partial charge in [0.1, 0.15) is 0 Å². The molecule has 2 aromatic rings. The summed E-state index contributed by atoms with van der Waals surface area (Å²) in [4.78, 5) is 15.9. The molecule has 1 aromatic carbocycles. The summed E-state index contributed by atoms with van der Waals surface area (Å²) >= 11 is 3.40. The number of hydrogen-bond acceptors (Lipinski definition) is 3. The molecule has 0 bridgehead atoms. The molecule has 0 saturated carbocycles. The summed E-state index contributed by atoms with van der Waals surface area (Å²) in [5, 5.41) is 0.801. The van der Waals surface area contributed by atoms with Crippen LogP contribution in [0.3, 0.4) is 0 Å². The van der Waals surface area contributed by atoms with E-state index in [-0.39, 0.29) is 5.97 Å². The molecule has 0 spiro atoms. The van der Waals surface area contributed by atoms with Gasteiger partial charge in [0.15, 0.2) is 0 Å². The Balaban J connectivity index is 2.62. The van der Waals surface area contributed by atoms with Crippen LogP contribution in [-0.2, 0) is 4.74 Å². The number of ether oxygens (including phenoxy) is 1. The molecular weight excluding hydrogens is 270 g/mol. The van der Waals surface area contributed by atoms with Crippen molar-refractivity contribution in [1.82, 2.24) is 4.98 Å². The minimum atomic E-state index is -0.312. The van der Waals surface area contributed by atoms with Gasteiger partial charge in [-0.15, -0.1) is 0 Å². The third kappa shape index (κ3) is 1.93. The van der Waals surface area contributed by atoms with Gasteiger partial charge >= 0.3 is 5.97 Å². The molecule has 0 fully saturated rings. The van der Waals surface area contributed by atoms with Gasteiger partial charge in [-0.3, -0.25) is 4.98 Å². The Morgan fingerprint density at radius 3 is 3.00 bits per heavy atom. The van der Waals surface area contributed by atoms with Crippen LogP contribution in [0.2, 0.25) is 0 Å². The summed E-state index contributed by atoms with van der Waals surface area (Å²) in [6, 6.07) is 7.30. The molecule has 16 heavy (non-hydrogen) atoms. The SMILES string of the molecule is CCOC(=O)c1ccnc2c(Br)cccc12. The molecule has 2 rings (SSSR count). The highest BCUT2D eigenvalue weighted by Crippen LogP contribution is 2.24. The molecule has 3 nitrogen and oxygen atoms in total. The molecule has 0 amide bonds. The van der Waals surface area contributed by atoms with Crippen molar-refractivity contribution in [2.24, 2.45) is 0 Å². The lowest BCUT2D eigenvalue weighted by Gasteiger charge is -2.06. The lowest BCUT2D eigenvalue weighted by atomic mass is 10.1. The maximum Gasteiger partial charge on any atom is 0.338 e. The van der Waals surface area contributed by atoms with E-state index in [0.717, 1.165) is 15.4 Å². The first kappa shape index (κ1) is 11.1. The van der Waals surface area contributed by atoms with Crippen molar-refractivity contribution in [3.05, 3.63) is 40.5 Å². The fourth-order valence-corrected chi connectivity index (χ4v) is 2.00. The second-order valence-electron chi connectivity index (χ2n) is 3.21. The van der Waals surface area contributed by atoms with Crippen LogP contribution >= 0.6 is 15.9 Å². The van der Waals surface area contributed by atoms with E-state index in [1.807, 2.05) is 18.2 Å². The molecule has 1 aromatic heterocycles. The third-order valence-corrected chi connectivity index (χ3v) is 2.86. The monoisotopic (exact) mass is 279 g/mol. The van der Waals surface area contributed by atoms with Crippen molar-refractivity contribution < 1.29 is 9.53 Å². The second kappa shape index (κ2) is 4.61. The number of esters is 1. The van der Waals surface area contributed by atoms with Crippen LogP contribution in [0, 0.1) is 0 Å². The van der Waals surface area contributed by atoms with Crippen molar-refractivity contribution in [2.45, 2.75) is 6.92 Å². The van der Waals surface area contributed by atoms with Gasteiger partial charge in [-0.2, -0.15) is 0 Å². The number of carbonyl (C=O) groups excluding carboxylic acids is 1. The number of hydrogen-bond donors (Lipinski definition) is 0. The summed E-state index contributed by atoms with van der Waals surface area (Å²) in [6.45, 7) is 2.16. The van der Waals surface area contributed by atoms with Gasteiger partial charge in [-0.05, 0) is 35.0 Å². The Kier molecular flexibility index (Phi) is 3.19. The molecule has 0 saturated heterocycles. The minimum absolute atomic E-state index is 0.312. The van der Waals surface area contributed by atoms with Gasteiger partial charge in [-0.1, -0.05) is 12.1 Å². The van der Waals surface area contributed by atoms with Crippen molar-refractivity contribution in [2.75, 3.05) is 6.61 Å². The van der Waals surface area contributed by atoms with Crippen LogP contribution in [-0.4, -0.2) is 17.6 Å². The Hall–Kier alpha value is -1.42. The van der Waals surface area contributed by atoms with E-state index in [1.165, 1.54) is 0 Å². The first-order valence-corrected chi connectivity index (χ1v) is 5.73. The lowest BCUT2D eigenvalue weighted by Crippen LogP contribution is -2.05. The molecule has 0 aliphatic rings. The number of pyridine rings is 1. The number of para-hydroxylation sites is 1. The fraction of sp³-hybridized carbons (Fsp3) is 0.167. The molecule has 0 aliphatic heterocycles. The van der Waals surface area contributed by atoms with Gasteiger partial charge in [0.25, 0.3) is 0 Å². The number of nitrogens with zero attached hydrogens (tertiary/aromatic N) is 1. The maximum absolute atomic E-state index is 11.7. The van der Waals surface area contributed by atoms with Gasteiger partial charge in [0.05, 0.1) is 17.7 Å². The van der Waals surface area contributed by atoms with Crippen LogP contribution in [0.4, 0.5) is 0 Å². The standard InChI is InChI=1S/C12H10BrNO2/c1-2-16-12(15)9-6-7-14-11-8(9)4-3-5-10(11)13/h3-7H,2H2,1H3. The number of benzene rings is 1. The first-order valence-electron chi connectivity index (χ1n) is 4.94. The minimum Gasteiger partial charge on any atom is -0.462 e. The largest absolute Gasteiger partial charge is 0.462 e. The molecule has 1 heterocycles. The molecule has 0 atom stereocenters. The Labute approximate surface area is 102 Å². The zero-order valence-corrected chi connectivity index (χ0v) is 10.3. The zero-order chi connectivity index (χ0) is 11.5. The summed E-state index contributed by atoms with van der Waals surface area (Å²) in [6.07, 6.45) is 1.61. The first-order chi connectivity index (χ1) is 7.74. The fourth-order valence-electron chi connectivity index (χ4n) is 1.53. The molecule has 0 N–H and O–H groups in total. The molecule has 4 heteroatoms. The number of aromatic nitrogens is 1. The highest BCUT2D eigenvalue weighted by atomic mass is 79.9. The molecule has 0 aliphatic carbocycles. The van der Waals surface area contributed by atoms with Crippen LogP contribution in [0.5, 0.6) is 0 Å². The van der Waals surface area contributed by atoms with E-state index in [9.17, 15) is 4.79 Å². The number of carbonyl (C=O) groups is 1. The average molecular weight is 280 g/mol. The van der Waals surface area contributed by atoms with Crippen molar-refractivity contribution in [3.63, 3.8) is 0 Å². The van der Waals surface area contributed by atoms with Crippen LogP contribution in [0.25, 0.3) is 10.9 Å². The van der Waals surface area contributed by atoms with Crippen molar-refractivity contribution >= 4 is 32.8 Å². The van der Waals surface area contributed by atoms with Crippen molar-refractivity contribution in [3.8, 4) is 0 Å². The normalized spacial score (nSPS) is 10.4. The third-order valence-electron chi connectivity index (χ3n) is 2.22. The predicted octanol–water partition coefficient (Wildman–Crippen LogP) is 3.17. The van der Waals surface area contributed by atoms with Crippen LogP contribution < -0.4 is 0 Å². The average Bonchev–Trinajstić information content (AvgIpc) is 2.29. The summed E-state index contributed by atoms with van der Waals surface area (Å²) in [5.74, 6) is -0.312. The van der Waals surface area contributed by atoms with Gasteiger partial charge in [-0.25, -0.2) is 4.79 Å². The predicted molar refractivity (Wildman–Crippen MR) is 65.4 cm³/mol. The topological polar surface area (TPSA) is 39.2 Å². The number of fused-ring (bicyclic) bond motifs is 1.